The van der Waals surface area contributed by atoms with Crippen LogP contribution in [0.5, 0.6) is 11.5 Å². The molecule has 3 aromatic carbocycles. The molecule has 2 heterocycles. The molecule has 53 heavy (non-hydrogen) atoms. The predicted molar refractivity (Wildman–Crippen MR) is 199 cm³/mol. The summed E-state index contributed by atoms with van der Waals surface area (Å²) in [6, 6.07) is 16.1. The average molecular weight is 764 g/mol. The summed E-state index contributed by atoms with van der Waals surface area (Å²) in [4.78, 5) is 41.7. The van der Waals surface area contributed by atoms with Gasteiger partial charge in [0.2, 0.25) is 0 Å². The molecule has 8 rings (SSSR count). The highest BCUT2D eigenvalue weighted by Gasteiger charge is 2.73. The molecule has 3 fully saturated rings. The van der Waals surface area contributed by atoms with Gasteiger partial charge in [0.05, 0.1) is 39.8 Å². The van der Waals surface area contributed by atoms with Gasteiger partial charge < -0.3 is 29.4 Å². The number of hydrogen-bond acceptors (Lipinski definition) is 10. The third kappa shape index (κ3) is 6.55. The number of likely N-dealkylation sites (tertiary alicyclic amines) is 1. The molecule has 280 valence electrons. The minimum atomic E-state index is -1.08. The van der Waals surface area contributed by atoms with Gasteiger partial charge in [-0.15, -0.1) is 0 Å². The number of nitrogens with zero attached hydrogens (tertiary/aromatic N) is 1. The fraction of sp³-hybridized carbons (Fsp3) is 0.488. The van der Waals surface area contributed by atoms with E-state index in [1.54, 1.807) is 42.5 Å². The minimum absolute atomic E-state index is 0.0760. The lowest BCUT2D eigenvalue weighted by atomic mass is 9.48. The molecule has 2 N–H and O–H groups in total. The minimum Gasteiger partial charge on any atom is -0.490 e. The summed E-state index contributed by atoms with van der Waals surface area (Å²) in [7, 11) is 0. The number of para-hydroxylation sites is 2. The topological polar surface area (TPSA) is 124 Å². The molecular weight excluding hydrogens is 719 g/mol. The summed E-state index contributed by atoms with van der Waals surface area (Å²) in [5.41, 5.74) is 1.84. The van der Waals surface area contributed by atoms with Gasteiger partial charge in [0.15, 0.2) is 11.5 Å². The summed E-state index contributed by atoms with van der Waals surface area (Å²) < 4.78 is 24.1. The van der Waals surface area contributed by atoms with Crippen molar-refractivity contribution in [1.82, 2.24) is 4.90 Å². The maximum Gasteiger partial charge on any atom is 0.324 e. The highest BCUT2D eigenvalue weighted by molar-refractivity contribution is 6.39. The van der Waals surface area contributed by atoms with Crippen LogP contribution in [0.3, 0.4) is 0 Å². The van der Waals surface area contributed by atoms with E-state index < -0.39 is 47.6 Å². The molecule has 1 unspecified atom stereocenters. The number of hydrogen-bond donors (Lipinski definition) is 2. The van der Waals surface area contributed by atoms with Crippen LogP contribution in [-0.4, -0.2) is 71.5 Å². The van der Waals surface area contributed by atoms with Gasteiger partial charge in [0.1, 0.15) is 18.6 Å². The van der Waals surface area contributed by atoms with Gasteiger partial charge >= 0.3 is 17.9 Å². The average Bonchev–Trinajstić information content (AvgIpc) is 3.87. The van der Waals surface area contributed by atoms with E-state index in [1.165, 1.54) is 12.8 Å². The van der Waals surface area contributed by atoms with Crippen molar-refractivity contribution in [2.75, 3.05) is 25.0 Å². The van der Waals surface area contributed by atoms with E-state index in [9.17, 15) is 19.5 Å². The molecule has 2 aliphatic heterocycles. The number of unbranched alkanes of at least 4 members (excludes halogenated alkanes) is 1. The summed E-state index contributed by atoms with van der Waals surface area (Å²) in [5.74, 6) is -0.703. The lowest BCUT2D eigenvalue weighted by molar-refractivity contribution is -0.216. The van der Waals surface area contributed by atoms with Crippen molar-refractivity contribution in [3.05, 3.63) is 81.3 Å². The quantitative estimate of drug-likeness (QED) is 0.106. The van der Waals surface area contributed by atoms with E-state index in [2.05, 4.69) is 23.2 Å². The number of nitrogens with one attached hydrogen (secondary N) is 1. The highest BCUT2D eigenvalue weighted by atomic mass is 35.5. The molecule has 2 bridgehead atoms. The fourth-order valence-corrected chi connectivity index (χ4v) is 9.71. The standard InChI is InChI=1S/C41H44Cl2N2O8/c1-2-3-19-50-30-14-13-26-20-32-41(49)16-15-31(39-40(41,36(26)38(30)53-39)17-18-45(32)23-24-11-12-24)51-34(47)22-35(48)52-33(46)21-25-7-4-5-10-29(25)44-37-27(42)8-6-9-28(37)43/h4-10,13-14,24,31-32,39,44,49H,2-3,11-12,15-23H2,1H3/t31-,32-,39?,40+,41-/m1/s1. The maximum atomic E-state index is 13.4. The Hall–Kier alpha value is -3.83. The Labute approximate surface area is 319 Å². The number of halogens is 2. The number of rotatable bonds is 13. The Balaban J connectivity index is 0.962. The van der Waals surface area contributed by atoms with Crippen LogP contribution in [0, 0.1) is 5.92 Å². The van der Waals surface area contributed by atoms with E-state index in [0.29, 0.717) is 70.3 Å². The molecule has 1 saturated heterocycles. The molecule has 12 heteroatoms. The second-order valence-corrected chi connectivity index (χ2v) is 15.9. The number of aliphatic hydroxyl groups is 1. The van der Waals surface area contributed by atoms with E-state index in [0.717, 1.165) is 43.5 Å². The molecule has 1 spiro atoms. The predicted octanol–water partition coefficient (Wildman–Crippen LogP) is 7.09. The Morgan fingerprint density at radius 2 is 1.77 bits per heavy atom. The molecule has 10 nitrogen and oxygen atoms in total. The van der Waals surface area contributed by atoms with Crippen LogP contribution in [0.2, 0.25) is 10.0 Å². The summed E-state index contributed by atoms with van der Waals surface area (Å²) in [6.45, 7) is 4.44. The van der Waals surface area contributed by atoms with Crippen LogP contribution >= 0.6 is 23.2 Å². The molecule has 3 aromatic rings. The summed E-state index contributed by atoms with van der Waals surface area (Å²) in [5, 5.41) is 16.8. The third-order valence-corrected chi connectivity index (χ3v) is 12.5. The Morgan fingerprint density at radius 3 is 2.55 bits per heavy atom. The maximum absolute atomic E-state index is 13.4. The number of ether oxygens (including phenoxy) is 4. The van der Waals surface area contributed by atoms with E-state index in [4.69, 9.17) is 42.1 Å². The normalized spacial score (nSPS) is 26.6. The van der Waals surface area contributed by atoms with Gasteiger partial charge in [-0.3, -0.25) is 19.3 Å². The highest BCUT2D eigenvalue weighted by Crippen LogP contribution is 2.66. The van der Waals surface area contributed by atoms with Crippen LogP contribution in [0.1, 0.15) is 75.0 Å². The van der Waals surface area contributed by atoms with Gasteiger partial charge in [0, 0.05) is 23.8 Å². The van der Waals surface area contributed by atoms with Crippen molar-refractivity contribution in [2.24, 2.45) is 5.92 Å². The Morgan fingerprint density at radius 1 is 0.981 bits per heavy atom. The first-order valence-electron chi connectivity index (χ1n) is 18.8. The zero-order chi connectivity index (χ0) is 36.9. The SMILES string of the molecule is CCCCOc1ccc2c3c1OC1[C@H](OC(=O)CC(=O)OC(=O)Cc4ccccc4Nc4c(Cl)cccc4Cl)CC[C@@]4(O)[C@@H](C2)N(CC2CC2)CC[C@]314. The number of piperidine rings is 1. The van der Waals surface area contributed by atoms with Crippen molar-refractivity contribution in [3.8, 4) is 11.5 Å². The monoisotopic (exact) mass is 762 g/mol. The van der Waals surface area contributed by atoms with Crippen LogP contribution < -0.4 is 14.8 Å². The zero-order valence-corrected chi connectivity index (χ0v) is 31.2. The van der Waals surface area contributed by atoms with E-state index in [-0.39, 0.29) is 12.5 Å². The van der Waals surface area contributed by atoms with Gasteiger partial charge in [-0.25, -0.2) is 0 Å². The van der Waals surface area contributed by atoms with Crippen LogP contribution in [0.4, 0.5) is 11.4 Å². The van der Waals surface area contributed by atoms with E-state index >= 15 is 0 Å². The molecule has 0 amide bonds. The first-order chi connectivity index (χ1) is 25.6. The second kappa shape index (κ2) is 14.4. The number of esters is 3. The van der Waals surface area contributed by atoms with Crippen LogP contribution in [0.25, 0.3) is 0 Å². The van der Waals surface area contributed by atoms with Gasteiger partial charge in [-0.2, -0.15) is 0 Å². The fourth-order valence-electron chi connectivity index (χ4n) is 9.22. The Kier molecular flexibility index (Phi) is 9.85. The number of carbonyl (C=O) groups is 3. The summed E-state index contributed by atoms with van der Waals surface area (Å²) in [6.07, 6.45) is 4.13. The van der Waals surface area contributed by atoms with Gasteiger partial charge in [-0.1, -0.05) is 66.9 Å². The molecule has 0 radical (unpaired) electrons. The summed E-state index contributed by atoms with van der Waals surface area (Å²) >= 11 is 12.7. The first-order valence-corrected chi connectivity index (χ1v) is 19.5. The smallest absolute Gasteiger partial charge is 0.324 e. The van der Waals surface area contributed by atoms with Crippen LogP contribution in [-0.2, 0) is 42.1 Å². The molecule has 5 atom stereocenters. The number of carbonyl (C=O) groups excluding carboxylic acids is 3. The van der Waals surface area contributed by atoms with Crippen molar-refractivity contribution in [3.63, 3.8) is 0 Å². The van der Waals surface area contributed by atoms with Crippen molar-refractivity contribution >= 4 is 52.5 Å². The molecule has 0 aromatic heterocycles. The second-order valence-electron chi connectivity index (χ2n) is 15.1. The first kappa shape index (κ1) is 36.2. The lowest BCUT2D eigenvalue weighted by Gasteiger charge is -2.63. The molecule has 3 aliphatic carbocycles. The zero-order valence-electron chi connectivity index (χ0n) is 29.7. The lowest BCUT2D eigenvalue weighted by Crippen LogP contribution is -2.77. The number of anilines is 2. The molecule has 2 saturated carbocycles. The van der Waals surface area contributed by atoms with E-state index in [1.807, 2.05) is 6.07 Å². The Bertz CT molecular complexity index is 1920. The van der Waals surface area contributed by atoms with Crippen molar-refractivity contribution < 1.29 is 38.4 Å². The van der Waals surface area contributed by atoms with Crippen molar-refractivity contribution in [1.29, 1.82) is 0 Å². The number of benzene rings is 3. The molecular formula is C41H44Cl2N2O8. The molecule has 5 aliphatic rings. The van der Waals surface area contributed by atoms with Gasteiger partial charge in [0.25, 0.3) is 0 Å². The van der Waals surface area contributed by atoms with Crippen LogP contribution in [0.15, 0.2) is 54.6 Å². The largest absolute Gasteiger partial charge is 0.490 e. The van der Waals surface area contributed by atoms with Crippen molar-refractivity contribution in [2.45, 2.75) is 100 Å². The van der Waals surface area contributed by atoms with Gasteiger partial charge in [-0.05, 0) is 92.8 Å². The third-order valence-electron chi connectivity index (χ3n) is 11.8.